The Hall–Kier alpha value is -1.51. The average molecular weight is 303 g/mol. The van der Waals surface area contributed by atoms with E-state index < -0.39 is 0 Å². The van der Waals surface area contributed by atoms with E-state index in [1.165, 1.54) is 16.8 Å². The van der Waals surface area contributed by atoms with Crippen LogP contribution in [0.4, 0.5) is 5.69 Å². The lowest BCUT2D eigenvalue weighted by molar-refractivity contribution is 0.646. The second-order valence-corrected chi connectivity index (χ2v) is 5.79. The van der Waals surface area contributed by atoms with Gasteiger partial charge < -0.3 is 10.2 Å². The van der Waals surface area contributed by atoms with Gasteiger partial charge in [-0.25, -0.2) is 0 Å². The van der Waals surface area contributed by atoms with Crippen molar-refractivity contribution in [2.45, 2.75) is 19.9 Å². The molecule has 0 heterocycles. The fourth-order valence-corrected chi connectivity index (χ4v) is 2.57. The van der Waals surface area contributed by atoms with Crippen LogP contribution in [0.25, 0.3) is 0 Å². The average Bonchev–Trinajstić information content (AvgIpc) is 2.49. The van der Waals surface area contributed by atoms with Crippen molar-refractivity contribution in [1.29, 1.82) is 0 Å². The van der Waals surface area contributed by atoms with Gasteiger partial charge >= 0.3 is 0 Å². The summed E-state index contributed by atoms with van der Waals surface area (Å²) in [4.78, 5) is 2.28. The van der Waals surface area contributed by atoms with E-state index in [1.807, 2.05) is 12.1 Å². The molecule has 2 rings (SSSR count). The molecule has 112 valence electrons. The van der Waals surface area contributed by atoms with E-state index in [0.29, 0.717) is 0 Å². The van der Waals surface area contributed by atoms with Gasteiger partial charge in [-0.2, -0.15) is 0 Å². The summed E-state index contributed by atoms with van der Waals surface area (Å²) >= 11 is 6.22. The first-order valence-corrected chi connectivity index (χ1v) is 7.76. The Morgan fingerprint density at radius 2 is 1.86 bits per heavy atom. The molecule has 0 bridgehead atoms. The van der Waals surface area contributed by atoms with Crippen molar-refractivity contribution in [3.05, 3.63) is 64.7 Å². The molecule has 0 saturated heterocycles. The standard InChI is InChI=1S/C18H23ClN2/c1-15-9-10-16(18(19)13-15)14-20-11-6-12-21(2)17-7-4-3-5-8-17/h3-5,7-10,13,20H,6,11-12,14H2,1-2H3. The first-order chi connectivity index (χ1) is 10.2. The van der Waals surface area contributed by atoms with Crippen LogP contribution in [0.3, 0.4) is 0 Å². The van der Waals surface area contributed by atoms with Gasteiger partial charge in [-0.3, -0.25) is 0 Å². The van der Waals surface area contributed by atoms with E-state index in [-0.39, 0.29) is 0 Å². The molecule has 0 spiro atoms. The van der Waals surface area contributed by atoms with E-state index in [0.717, 1.165) is 31.1 Å². The van der Waals surface area contributed by atoms with Crippen LogP contribution in [-0.2, 0) is 6.54 Å². The quantitative estimate of drug-likeness (QED) is 0.769. The molecule has 2 nitrogen and oxygen atoms in total. The predicted octanol–water partition coefficient (Wildman–Crippen LogP) is 4.26. The molecule has 21 heavy (non-hydrogen) atoms. The Kier molecular flexibility index (Phi) is 6.09. The summed E-state index contributed by atoms with van der Waals surface area (Å²) in [5.41, 5.74) is 3.63. The Balaban J connectivity index is 1.68. The number of benzene rings is 2. The van der Waals surface area contributed by atoms with Crippen LogP contribution in [0.2, 0.25) is 5.02 Å². The van der Waals surface area contributed by atoms with Crippen molar-refractivity contribution in [2.24, 2.45) is 0 Å². The van der Waals surface area contributed by atoms with E-state index in [4.69, 9.17) is 11.6 Å². The molecule has 0 amide bonds. The van der Waals surface area contributed by atoms with Crippen molar-refractivity contribution in [3.63, 3.8) is 0 Å². The molecule has 0 aliphatic rings. The van der Waals surface area contributed by atoms with E-state index in [2.05, 4.69) is 60.6 Å². The number of halogens is 1. The zero-order chi connectivity index (χ0) is 15.1. The second-order valence-electron chi connectivity index (χ2n) is 5.38. The summed E-state index contributed by atoms with van der Waals surface area (Å²) in [6.45, 7) is 4.91. The number of aryl methyl sites for hydroxylation is 1. The highest BCUT2D eigenvalue weighted by molar-refractivity contribution is 6.31. The fraction of sp³-hybridized carbons (Fsp3) is 0.333. The van der Waals surface area contributed by atoms with Crippen LogP contribution in [0.5, 0.6) is 0 Å². The third-order valence-corrected chi connectivity index (χ3v) is 3.92. The Morgan fingerprint density at radius 1 is 1.10 bits per heavy atom. The summed E-state index contributed by atoms with van der Waals surface area (Å²) in [5.74, 6) is 0. The first kappa shape index (κ1) is 15.9. The monoisotopic (exact) mass is 302 g/mol. The van der Waals surface area contributed by atoms with Crippen LogP contribution in [0.1, 0.15) is 17.5 Å². The van der Waals surface area contributed by atoms with E-state index in [1.54, 1.807) is 0 Å². The summed E-state index contributed by atoms with van der Waals surface area (Å²) in [6, 6.07) is 16.7. The number of hydrogen-bond donors (Lipinski definition) is 1. The maximum atomic E-state index is 6.22. The Bertz CT molecular complexity index is 554. The molecule has 2 aromatic carbocycles. The van der Waals surface area contributed by atoms with Gasteiger partial charge in [0.25, 0.3) is 0 Å². The molecule has 0 radical (unpaired) electrons. The minimum absolute atomic E-state index is 0.828. The minimum atomic E-state index is 0.828. The molecular weight excluding hydrogens is 280 g/mol. The molecule has 0 aliphatic heterocycles. The maximum Gasteiger partial charge on any atom is 0.0453 e. The molecule has 0 unspecified atom stereocenters. The lowest BCUT2D eigenvalue weighted by Gasteiger charge is -2.19. The lowest BCUT2D eigenvalue weighted by Crippen LogP contribution is -2.23. The summed E-state index contributed by atoms with van der Waals surface area (Å²) in [6.07, 6.45) is 1.11. The smallest absolute Gasteiger partial charge is 0.0453 e. The number of nitrogens with zero attached hydrogens (tertiary/aromatic N) is 1. The molecule has 0 fully saturated rings. The van der Waals surface area contributed by atoms with Gasteiger partial charge in [0.15, 0.2) is 0 Å². The zero-order valence-corrected chi connectivity index (χ0v) is 13.5. The van der Waals surface area contributed by atoms with Crippen LogP contribution in [0, 0.1) is 6.92 Å². The third kappa shape index (κ3) is 5.07. The highest BCUT2D eigenvalue weighted by Crippen LogP contribution is 2.17. The molecule has 0 aromatic heterocycles. The van der Waals surface area contributed by atoms with Gasteiger partial charge in [0.05, 0.1) is 0 Å². The van der Waals surface area contributed by atoms with E-state index in [9.17, 15) is 0 Å². The van der Waals surface area contributed by atoms with Gasteiger partial charge in [-0.15, -0.1) is 0 Å². The van der Waals surface area contributed by atoms with Crippen LogP contribution in [-0.4, -0.2) is 20.1 Å². The van der Waals surface area contributed by atoms with Crippen molar-refractivity contribution in [2.75, 3.05) is 25.0 Å². The van der Waals surface area contributed by atoms with Gasteiger partial charge in [-0.05, 0) is 49.2 Å². The highest BCUT2D eigenvalue weighted by Gasteiger charge is 2.01. The fourth-order valence-electron chi connectivity index (χ4n) is 2.27. The number of hydrogen-bond acceptors (Lipinski definition) is 2. The predicted molar refractivity (Wildman–Crippen MR) is 92.2 cm³/mol. The summed E-state index contributed by atoms with van der Waals surface area (Å²) < 4.78 is 0. The van der Waals surface area contributed by atoms with Gasteiger partial charge in [-0.1, -0.05) is 41.9 Å². The maximum absolute atomic E-state index is 6.22. The molecule has 0 aliphatic carbocycles. The minimum Gasteiger partial charge on any atom is -0.375 e. The second kappa shape index (κ2) is 8.06. The van der Waals surface area contributed by atoms with Crippen molar-refractivity contribution >= 4 is 17.3 Å². The third-order valence-electron chi connectivity index (χ3n) is 3.57. The summed E-state index contributed by atoms with van der Waals surface area (Å²) in [7, 11) is 2.13. The molecule has 0 saturated carbocycles. The SMILES string of the molecule is Cc1ccc(CNCCCN(C)c2ccccc2)c(Cl)c1. The molecular formula is C18H23ClN2. The van der Waals surface area contributed by atoms with Crippen molar-refractivity contribution in [3.8, 4) is 0 Å². The number of anilines is 1. The molecule has 2 aromatic rings. The van der Waals surface area contributed by atoms with Gasteiger partial charge in [0.2, 0.25) is 0 Å². The normalized spacial score (nSPS) is 10.6. The molecule has 1 N–H and O–H groups in total. The largest absolute Gasteiger partial charge is 0.375 e. The van der Waals surface area contributed by atoms with Crippen molar-refractivity contribution in [1.82, 2.24) is 5.32 Å². The lowest BCUT2D eigenvalue weighted by atomic mass is 10.1. The topological polar surface area (TPSA) is 15.3 Å². The number of rotatable bonds is 7. The summed E-state index contributed by atoms with van der Waals surface area (Å²) in [5, 5.41) is 4.31. The number of nitrogens with one attached hydrogen (secondary N) is 1. The molecule has 3 heteroatoms. The first-order valence-electron chi connectivity index (χ1n) is 7.39. The van der Waals surface area contributed by atoms with Crippen LogP contribution >= 0.6 is 11.6 Å². The Morgan fingerprint density at radius 3 is 2.57 bits per heavy atom. The van der Waals surface area contributed by atoms with Crippen LogP contribution < -0.4 is 10.2 Å². The highest BCUT2D eigenvalue weighted by atomic mass is 35.5. The van der Waals surface area contributed by atoms with Gasteiger partial charge in [0.1, 0.15) is 0 Å². The number of para-hydroxylation sites is 1. The van der Waals surface area contributed by atoms with Crippen molar-refractivity contribution < 1.29 is 0 Å². The van der Waals surface area contributed by atoms with Gasteiger partial charge in [0, 0.05) is 30.8 Å². The van der Waals surface area contributed by atoms with E-state index >= 15 is 0 Å². The van der Waals surface area contributed by atoms with Crippen LogP contribution in [0.15, 0.2) is 48.5 Å². The zero-order valence-electron chi connectivity index (χ0n) is 12.8. The Labute approximate surface area is 132 Å². The molecule has 0 atom stereocenters.